The van der Waals surface area contributed by atoms with Crippen LogP contribution in [0.25, 0.3) is 22.1 Å². The Kier molecular flexibility index (Phi) is 4.24. The SMILES string of the molecule is Cc1cc(/C=C(\C#N)c2ncc3cc([OH2+])c(=O)c(O)c-3s2)cc(O)c1O. The Morgan fingerprint density at radius 2 is 2.00 bits per heavy atom. The number of aromatic nitrogens is 1. The number of rotatable bonds is 2. The molecule has 0 amide bonds. The van der Waals surface area contributed by atoms with Crippen LogP contribution in [0.2, 0.25) is 0 Å². The van der Waals surface area contributed by atoms with Gasteiger partial charge in [-0.1, -0.05) is 0 Å². The molecule has 0 unspecified atom stereocenters. The number of phenols is 3. The maximum absolute atomic E-state index is 11.7. The molecular formula is C18H13N2O5S+. The van der Waals surface area contributed by atoms with Crippen molar-refractivity contribution >= 4 is 23.0 Å². The van der Waals surface area contributed by atoms with Gasteiger partial charge in [0.2, 0.25) is 0 Å². The van der Waals surface area contributed by atoms with Crippen LogP contribution in [0, 0.1) is 18.3 Å². The number of nitrogens with zero attached hydrogens (tertiary/aromatic N) is 2. The lowest BCUT2D eigenvalue weighted by Gasteiger charge is -2.08. The van der Waals surface area contributed by atoms with Crippen molar-refractivity contribution in [3.05, 3.63) is 50.8 Å². The molecule has 0 saturated heterocycles. The molecule has 3 rings (SSSR count). The highest BCUT2D eigenvalue weighted by atomic mass is 32.1. The standard InChI is InChI=1S/C18H12N2O5S/c1-8-2-9(4-12(21)14(8)23)3-10(6-19)18-20-7-11-5-13(22)15(24)16(25)17(11)26-18/h2-5,7,21-23,25H,1H3/p+1/b10-3+. The number of aryl methyl sites for hydroxylation is 1. The van der Waals surface area contributed by atoms with E-state index in [9.17, 15) is 25.4 Å². The van der Waals surface area contributed by atoms with E-state index in [4.69, 9.17) is 5.11 Å². The van der Waals surface area contributed by atoms with Gasteiger partial charge in [0.25, 0.3) is 0 Å². The van der Waals surface area contributed by atoms with Crippen LogP contribution in [0.15, 0.2) is 29.2 Å². The summed E-state index contributed by atoms with van der Waals surface area (Å²) in [5, 5.41) is 46.6. The summed E-state index contributed by atoms with van der Waals surface area (Å²) in [6.45, 7) is 1.61. The van der Waals surface area contributed by atoms with Crippen LogP contribution in [0.1, 0.15) is 16.1 Å². The van der Waals surface area contributed by atoms with Crippen LogP contribution >= 0.6 is 11.3 Å². The molecule has 1 aliphatic carbocycles. The molecule has 8 heteroatoms. The van der Waals surface area contributed by atoms with Gasteiger partial charge in [-0.2, -0.15) is 5.26 Å². The van der Waals surface area contributed by atoms with Gasteiger partial charge in [0.15, 0.2) is 17.2 Å². The molecule has 0 radical (unpaired) electrons. The first-order valence-corrected chi connectivity index (χ1v) is 8.15. The topological polar surface area (TPSA) is 137 Å². The number of aromatic hydroxyl groups is 3. The Bertz CT molecular complexity index is 1100. The van der Waals surface area contributed by atoms with Crippen molar-refractivity contribution in [1.82, 2.24) is 4.98 Å². The lowest BCUT2D eigenvalue weighted by atomic mass is 10.1. The Labute approximate surface area is 151 Å². The second kappa shape index (κ2) is 6.38. The Hall–Kier alpha value is -3.57. The fourth-order valence-electron chi connectivity index (χ4n) is 2.41. The molecule has 0 saturated carbocycles. The highest BCUT2D eigenvalue weighted by molar-refractivity contribution is 7.16. The molecule has 7 nitrogen and oxygen atoms in total. The van der Waals surface area contributed by atoms with E-state index in [1.165, 1.54) is 24.4 Å². The van der Waals surface area contributed by atoms with Gasteiger partial charge in [-0.3, -0.25) is 4.79 Å². The van der Waals surface area contributed by atoms with E-state index in [-0.39, 0.29) is 32.7 Å². The average molecular weight is 369 g/mol. The minimum atomic E-state index is -0.785. The number of allylic oxidation sites excluding steroid dienone is 1. The predicted molar refractivity (Wildman–Crippen MR) is 97.7 cm³/mol. The largest absolute Gasteiger partial charge is 0.590 e. The minimum absolute atomic E-state index is 0.156. The number of fused-ring (bicyclic) bond motifs is 1. The third-order valence-electron chi connectivity index (χ3n) is 3.72. The molecule has 26 heavy (non-hydrogen) atoms. The van der Waals surface area contributed by atoms with E-state index in [0.717, 1.165) is 11.3 Å². The molecule has 0 fully saturated rings. The second-order valence-corrected chi connectivity index (χ2v) is 6.56. The summed E-state index contributed by atoms with van der Waals surface area (Å²) in [6, 6.07) is 6.21. The molecule has 1 aromatic carbocycles. The van der Waals surface area contributed by atoms with E-state index in [1.807, 2.05) is 6.07 Å². The van der Waals surface area contributed by atoms with Crippen molar-refractivity contribution in [2.45, 2.75) is 6.92 Å². The lowest BCUT2D eigenvalue weighted by Crippen LogP contribution is -2.02. The van der Waals surface area contributed by atoms with Crippen LogP contribution in [-0.4, -0.2) is 25.4 Å². The van der Waals surface area contributed by atoms with Gasteiger partial charge in [-0.05, 0) is 36.3 Å². The number of hydrogen-bond acceptors (Lipinski definition) is 7. The van der Waals surface area contributed by atoms with Crippen molar-refractivity contribution in [2.24, 2.45) is 0 Å². The van der Waals surface area contributed by atoms with Gasteiger partial charge in [0, 0.05) is 17.8 Å². The molecule has 1 heterocycles. The summed E-state index contributed by atoms with van der Waals surface area (Å²) in [7, 11) is 0. The van der Waals surface area contributed by atoms with E-state index >= 15 is 0 Å². The van der Waals surface area contributed by atoms with E-state index < -0.39 is 11.2 Å². The molecule has 1 aliphatic heterocycles. The van der Waals surface area contributed by atoms with Crippen molar-refractivity contribution in [1.29, 1.82) is 5.26 Å². The zero-order chi connectivity index (χ0) is 19.0. The second-order valence-electron chi connectivity index (χ2n) is 5.56. The minimum Gasteiger partial charge on any atom is -0.590 e. The molecule has 1 aromatic rings. The summed E-state index contributed by atoms with van der Waals surface area (Å²) in [4.78, 5) is 16.2. The van der Waals surface area contributed by atoms with E-state index in [1.54, 1.807) is 13.0 Å². The van der Waals surface area contributed by atoms with Crippen LogP contribution in [0.3, 0.4) is 0 Å². The third kappa shape index (κ3) is 2.92. The predicted octanol–water partition coefficient (Wildman–Crippen LogP) is 2.54. The Morgan fingerprint density at radius 1 is 1.27 bits per heavy atom. The Balaban J connectivity index is 2.17. The molecule has 5 N–H and O–H groups in total. The number of nitriles is 1. The van der Waals surface area contributed by atoms with Gasteiger partial charge < -0.3 is 20.4 Å². The van der Waals surface area contributed by atoms with Crippen molar-refractivity contribution < 1.29 is 20.4 Å². The summed E-state index contributed by atoms with van der Waals surface area (Å²) in [6.07, 6.45) is 2.86. The summed E-state index contributed by atoms with van der Waals surface area (Å²) in [5.41, 5.74) is 0.728. The molecule has 2 aliphatic rings. The Morgan fingerprint density at radius 3 is 2.65 bits per heavy atom. The first-order valence-electron chi connectivity index (χ1n) is 7.34. The summed E-state index contributed by atoms with van der Waals surface area (Å²) < 4.78 is 0. The smallest absolute Gasteiger partial charge is 0.315 e. The van der Waals surface area contributed by atoms with Crippen LogP contribution in [-0.2, 0) is 0 Å². The van der Waals surface area contributed by atoms with Crippen molar-refractivity contribution in [3.8, 4) is 39.5 Å². The fourth-order valence-corrected chi connectivity index (χ4v) is 3.35. The highest BCUT2D eigenvalue weighted by Gasteiger charge is 2.20. The van der Waals surface area contributed by atoms with Crippen LogP contribution in [0.5, 0.6) is 23.0 Å². The lowest BCUT2D eigenvalue weighted by molar-refractivity contribution is 0.401. The maximum atomic E-state index is 11.7. The van der Waals surface area contributed by atoms with E-state index in [2.05, 4.69) is 4.98 Å². The number of hydrogen-bond donors (Lipinski definition) is 3. The summed E-state index contributed by atoms with van der Waals surface area (Å²) >= 11 is 0.953. The molecular weight excluding hydrogens is 356 g/mol. The zero-order valence-electron chi connectivity index (χ0n) is 13.4. The quantitative estimate of drug-likeness (QED) is 0.360. The molecule has 0 spiro atoms. The molecule has 130 valence electrons. The highest BCUT2D eigenvalue weighted by Crippen LogP contribution is 2.37. The van der Waals surface area contributed by atoms with Gasteiger partial charge >= 0.3 is 11.2 Å². The summed E-state index contributed by atoms with van der Waals surface area (Å²) in [5.74, 6) is -1.41. The normalized spacial score (nSPS) is 11.5. The molecule has 0 atom stereocenters. The van der Waals surface area contributed by atoms with Crippen molar-refractivity contribution in [2.75, 3.05) is 0 Å². The molecule has 0 bridgehead atoms. The fraction of sp³-hybridized carbons (Fsp3) is 0.0556. The van der Waals surface area contributed by atoms with Gasteiger partial charge in [-0.15, -0.1) is 11.3 Å². The van der Waals surface area contributed by atoms with Crippen molar-refractivity contribution in [3.63, 3.8) is 0 Å². The first-order chi connectivity index (χ1) is 12.3. The van der Waals surface area contributed by atoms with Gasteiger partial charge in [0.1, 0.15) is 11.1 Å². The number of benzene rings is 2. The average Bonchev–Trinajstić information content (AvgIpc) is 2.62. The number of phenolic OH excluding ortho intramolecular Hbond substituents is 3. The van der Waals surface area contributed by atoms with Crippen LogP contribution in [0.4, 0.5) is 0 Å². The maximum Gasteiger partial charge on any atom is 0.315 e. The molecule has 0 aromatic heterocycles. The van der Waals surface area contributed by atoms with Gasteiger partial charge in [-0.25, -0.2) is 4.98 Å². The zero-order valence-corrected chi connectivity index (χ0v) is 14.3. The van der Waals surface area contributed by atoms with Gasteiger partial charge in [0.05, 0.1) is 10.5 Å². The monoisotopic (exact) mass is 369 g/mol. The van der Waals surface area contributed by atoms with E-state index in [0.29, 0.717) is 16.7 Å². The van der Waals surface area contributed by atoms with Crippen LogP contribution < -0.4 is 5.43 Å². The first kappa shape index (κ1) is 17.3. The third-order valence-corrected chi connectivity index (χ3v) is 4.87.